The maximum atomic E-state index is 12.6. The van der Waals surface area contributed by atoms with Crippen LogP contribution in [0.4, 0.5) is 0 Å². The SMILES string of the molecule is COc1ccccc1CC(=O)c1cccc2ncccc12. The monoisotopic (exact) mass is 277 g/mol. The molecule has 0 fully saturated rings. The fourth-order valence-electron chi connectivity index (χ4n) is 2.46. The summed E-state index contributed by atoms with van der Waals surface area (Å²) in [7, 11) is 1.62. The molecule has 3 aromatic rings. The molecule has 0 bridgehead atoms. The van der Waals surface area contributed by atoms with Gasteiger partial charge in [-0.2, -0.15) is 0 Å². The molecule has 0 aliphatic carbocycles. The van der Waals surface area contributed by atoms with Crippen LogP contribution in [0.2, 0.25) is 0 Å². The first-order chi connectivity index (χ1) is 10.3. The number of hydrogen-bond acceptors (Lipinski definition) is 3. The fraction of sp³-hybridized carbons (Fsp3) is 0.111. The van der Waals surface area contributed by atoms with Crippen molar-refractivity contribution in [2.75, 3.05) is 7.11 Å². The van der Waals surface area contributed by atoms with Gasteiger partial charge in [-0.05, 0) is 18.2 Å². The Labute approximate surface area is 123 Å². The van der Waals surface area contributed by atoms with Crippen LogP contribution >= 0.6 is 0 Å². The van der Waals surface area contributed by atoms with Crippen molar-refractivity contribution in [3.63, 3.8) is 0 Å². The minimum absolute atomic E-state index is 0.0677. The Morgan fingerprint density at radius 3 is 2.76 bits per heavy atom. The van der Waals surface area contributed by atoms with Crippen molar-refractivity contribution in [1.29, 1.82) is 0 Å². The number of nitrogens with zero attached hydrogens (tertiary/aromatic N) is 1. The standard InChI is InChI=1S/C18H15NO2/c1-21-18-10-3-2-6-13(18)12-17(20)15-7-4-9-16-14(15)8-5-11-19-16/h2-11H,12H2,1H3. The summed E-state index contributed by atoms with van der Waals surface area (Å²) in [4.78, 5) is 16.9. The molecule has 0 unspecified atom stereocenters. The molecule has 0 radical (unpaired) electrons. The van der Waals surface area contributed by atoms with Crippen molar-refractivity contribution >= 4 is 16.7 Å². The van der Waals surface area contributed by atoms with Crippen molar-refractivity contribution < 1.29 is 9.53 Å². The number of para-hydroxylation sites is 1. The predicted molar refractivity (Wildman–Crippen MR) is 82.8 cm³/mol. The van der Waals surface area contributed by atoms with Crippen LogP contribution in [0, 0.1) is 0 Å². The van der Waals surface area contributed by atoms with Gasteiger partial charge in [0.25, 0.3) is 0 Å². The molecule has 0 spiro atoms. The molecule has 3 rings (SSSR count). The highest BCUT2D eigenvalue weighted by Gasteiger charge is 2.13. The number of Topliss-reactive ketones (excluding diaryl/α,β-unsaturated/α-hetero) is 1. The Bertz CT molecular complexity index is 791. The van der Waals surface area contributed by atoms with E-state index in [0.717, 1.165) is 22.2 Å². The van der Waals surface area contributed by atoms with Crippen LogP contribution in [0.3, 0.4) is 0 Å². The number of fused-ring (bicyclic) bond motifs is 1. The summed E-state index contributed by atoms with van der Waals surface area (Å²) in [5.74, 6) is 0.808. The molecule has 0 N–H and O–H groups in total. The summed E-state index contributed by atoms with van der Waals surface area (Å²) in [5.41, 5.74) is 2.43. The number of benzene rings is 2. The van der Waals surface area contributed by atoms with Gasteiger partial charge in [0.15, 0.2) is 5.78 Å². The summed E-state index contributed by atoms with van der Waals surface area (Å²) >= 11 is 0. The van der Waals surface area contributed by atoms with Crippen LogP contribution in [-0.2, 0) is 6.42 Å². The van der Waals surface area contributed by atoms with E-state index in [4.69, 9.17) is 4.74 Å². The van der Waals surface area contributed by atoms with E-state index >= 15 is 0 Å². The van der Waals surface area contributed by atoms with E-state index in [9.17, 15) is 4.79 Å². The van der Waals surface area contributed by atoms with Gasteiger partial charge in [0.2, 0.25) is 0 Å². The van der Waals surface area contributed by atoms with E-state index < -0.39 is 0 Å². The zero-order chi connectivity index (χ0) is 14.7. The molecular weight excluding hydrogens is 262 g/mol. The van der Waals surface area contributed by atoms with E-state index in [-0.39, 0.29) is 5.78 Å². The smallest absolute Gasteiger partial charge is 0.168 e. The first-order valence-electron chi connectivity index (χ1n) is 6.78. The van der Waals surface area contributed by atoms with Gasteiger partial charge in [-0.25, -0.2) is 0 Å². The fourth-order valence-corrected chi connectivity index (χ4v) is 2.46. The van der Waals surface area contributed by atoms with E-state index in [1.54, 1.807) is 13.3 Å². The lowest BCUT2D eigenvalue weighted by Gasteiger charge is -2.09. The largest absolute Gasteiger partial charge is 0.496 e. The minimum atomic E-state index is 0.0677. The lowest BCUT2D eigenvalue weighted by Crippen LogP contribution is -2.05. The van der Waals surface area contributed by atoms with Gasteiger partial charge in [0, 0.05) is 29.1 Å². The molecule has 0 amide bonds. The average Bonchev–Trinajstić information content (AvgIpc) is 2.54. The van der Waals surface area contributed by atoms with Gasteiger partial charge in [-0.1, -0.05) is 36.4 Å². The second kappa shape index (κ2) is 5.75. The quantitative estimate of drug-likeness (QED) is 0.683. The maximum absolute atomic E-state index is 12.6. The molecule has 104 valence electrons. The topological polar surface area (TPSA) is 39.2 Å². The highest BCUT2D eigenvalue weighted by atomic mass is 16.5. The molecule has 21 heavy (non-hydrogen) atoms. The van der Waals surface area contributed by atoms with Crippen molar-refractivity contribution in [2.45, 2.75) is 6.42 Å². The number of ether oxygens (including phenoxy) is 1. The van der Waals surface area contributed by atoms with Crippen LogP contribution < -0.4 is 4.74 Å². The predicted octanol–water partition coefficient (Wildman–Crippen LogP) is 3.67. The normalized spacial score (nSPS) is 10.5. The molecule has 0 aliphatic rings. The Hall–Kier alpha value is -2.68. The molecule has 3 heteroatoms. The molecule has 0 saturated heterocycles. The second-order valence-electron chi connectivity index (χ2n) is 4.79. The number of pyridine rings is 1. The number of carbonyl (C=O) groups is 1. The van der Waals surface area contributed by atoms with Gasteiger partial charge < -0.3 is 4.74 Å². The van der Waals surface area contributed by atoms with Crippen molar-refractivity contribution in [2.24, 2.45) is 0 Å². The second-order valence-corrected chi connectivity index (χ2v) is 4.79. The Kier molecular flexibility index (Phi) is 3.65. The van der Waals surface area contributed by atoms with E-state index in [1.165, 1.54) is 0 Å². The van der Waals surface area contributed by atoms with Crippen molar-refractivity contribution in [3.05, 3.63) is 71.9 Å². The highest BCUT2D eigenvalue weighted by molar-refractivity contribution is 6.08. The lowest BCUT2D eigenvalue weighted by molar-refractivity contribution is 0.0993. The molecular formula is C18H15NO2. The van der Waals surface area contributed by atoms with E-state index in [0.29, 0.717) is 12.0 Å². The lowest BCUT2D eigenvalue weighted by atomic mass is 9.99. The van der Waals surface area contributed by atoms with Gasteiger partial charge in [0.05, 0.1) is 12.6 Å². The van der Waals surface area contributed by atoms with E-state index in [1.807, 2.05) is 54.6 Å². The van der Waals surface area contributed by atoms with Crippen LogP contribution in [0.5, 0.6) is 5.75 Å². The maximum Gasteiger partial charge on any atom is 0.168 e. The van der Waals surface area contributed by atoms with E-state index in [2.05, 4.69) is 4.98 Å². The zero-order valence-electron chi connectivity index (χ0n) is 11.7. The number of aromatic nitrogens is 1. The summed E-state index contributed by atoms with van der Waals surface area (Å²) in [5, 5.41) is 0.889. The van der Waals surface area contributed by atoms with Crippen LogP contribution in [0.25, 0.3) is 10.9 Å². The third-order valence-electron chi connectivity index (χ3n) is 3.49. The van der Waals surface area contributed by atoms with Gasteiger partial charge in [-0.15, -0.1) is 0 Å². The first kappa shape index (κ1) is 13.3. The van der Waals surface area contributed by atoms with Crippen LogP contribution in [0.1, 0.15) is 15.9 Å². The molecule has 1 aromatic heterocycles. The summed E-state index contributed by atoms with van der Waals surface area (Å²) < 4.78 is 5.30. The molecule has 0 saturated carbocycles. The summed E-state index contributed by atoms with van der Waals surface area (Å²) in [6.07, 6.45) is 2.05. The third kappa shape index (κ3) is 2.63. The van der Waals surface area contributed by atoms with Gasteiger partial charge >= 0.3 is 0 Å². The number of rotatable bonds is 4. The Morgan fingerprint density at radius 2 is 1.90 bits per heavy atom. The van der Waals surface area contributed by atoms with Crippen LogP contribution in [-0.4, -0.2) is 17.9 Å². The Morgan fingerprint density at radius 1 is 1.05 bits per heavy atom. The summed E-state index contributed by atoms with van der Waals surface area (Å²) in [6.45, 7) is 0. The molecule has 1 heterocycles. The molecule has 3 nitrogen and oxygen atoms in total. The zero-order valence-corrected chi connectivity index (χ0v) is 11.7. The van der Waals surface area contributed by atoms with Gasteiger partial charge in [-0.3, -0.25) is 9.78 Å². The Balaban J connectivity index is 1.98. The van der Waals surface area contributed by atoms with Gasteiger partial charge in [0.1, 0.15) is 5.75 Å². The summed E-state index contributed by atoms with van der Waals surface area (Å²) in [6, 6.07) is 17.0. The molecule has 0 aliphatic heterocycles. The third-order valence-corrected chi connectivity index (χ3v) is 3.49. The average molecular weight is 277 g/mol. The van der Waals surface area contributed by atoms with Crippen molar-refractivity contribution in [3.8, 4) is 5.75 Å². The number of carbonyl (C=O) groups excluding carboxylic acids is 1. The number of hydrogen-bond donors (Lipinski definition) is 0. The highest BCUT2D eigenvalue weighted by Crippen LogP contribution is 2.22. The minimum Gasteiger partial charge on any atom is -0.496 e. The number of ketones is 1. The molecule has 2 aromatic carbocycles. The molecule has 0 atom stereocenters. The number of methoxy groups -OCH3 is 1. The van der Waals surface area contributed by atoms with Crippen LogP contribution in [0.15, 0.2) is 60.8 Å². The van der Waals surface area contributed by atoms with Crippen molar-refractivity contribution in [1.82, 2.24) is 4.98 Å². The first-order valence-corrected chi connectivity index (χ1v) is 6.78.